The Balaban J connectivity index is 2.61. The van der Waals surface area contributed by atoms with E-state index in [0.29, 0.717) is 6.61 Å². The Morgan fingerprint density at radius 3 is 2.29 bits per heavy atom. The standard InChI is InChI=1S/C13H23NO3/c1-6-17-11(15)8-14(9(2)3)12(16)10-7-13(10,4)5/h9-10H,6-8H2,1-5H3. The number of carbonyl (C=O) groups is 2. The Morgan fingerprint density at radius 2 is 1.94 bits per heavy atom. The largest absolute Gasteiger partial charge is 0.465 e. The molecule has 0 aromatic carbocycles. The fourth-order valence-corrected chi connectivity index (χ4v) is 1.95. The highest BCUT2D eigenvalue weighted by atomic mass is 16.5. The zero-order valence-electron chi connectivity index (χ0n) is 11.4. The van der Waals surface area contributed by atoms with Crippen molar-refractivity contribution in [1.82, 2.24) is 4.90 Å². The average Bonchev–Trinajstić information content (AvgIpc) is 2.83. The van der Waals surface area contributed by atoms with Crippen LogP contribution in [-0.2, 0) is 14.3 Å². The molecule has 0 bridgehead atoms. The van der Waals surface area contributed by atoms with E-state index in [0.717, 1.165) is 6.42 Å². The van der Waals surface area contributed by atoms with E-state index >= 15 is 0 Å². The molecule has 0 aromatic heterocycles. The third-order valence-corrected chi connectivity index (χ3v) is 3.32. The summed E-state index contributed by atoms with van der Waals surface area (Å²) in [6.07, 6.45) is 0.915. The van der Waals surface area contributed by atoms with Gasteiger partial charge in [0, 0.05) is 12.0 Å². The lowest BCUT2D eigenvalue weighted by atomic mass is 10.1. The minimum Gasteiger partial charge on any atom is -0.465 e. The average molecular weight is 241 g/mol. The summed E-state index contributed by atoms with van der Waals surface area (Å²) in [6, 6.07) is 0.0308. The zero-order valence-corrected chi connectivity index (χ0v) is 11.4. The summed E-state index contributed by atoms with van der Waals surface area (Å²) in [5.74, 6) is -0.176. The van der Waals surface area contributed by atoms with Crippen molar-refractivity contribution in [3.05, 3.63) is 0 Å². The van der Waals surface area contributed by atoms with Gasteiger partial charge in [-0.1, -0.05) is 13.8 Å². The Labute approximate surface area is 103 Å². The number of amides is 1. The van der Waals surface area contributed by atoms with Crippen LogP contribution in [0, 0.1) is 11.3 Å². The van der Waals surface area contributed by atoms with Crippen molar-refractivity contribution >= 4 is 11.9 Å². The molecule has 0 aromatic rings. The first-order valence-electron chi connectivity index (χ1n) is 6.25. The molecule has 17 heavy (non-hydrogen) atoms. The van der Waals surface area contributed by atoms with Crippen molar-refractivity contribution in [3.8, 4) is 0 Å². The van der Waals surface area contributed by atoms with E-state index in [-0.39, 0.29) is 35.8 Å². The van der Waals surface area contributed by atoms with Gasteiger partial charge in [0.15, 0.2) is 0 Å². The van der Waals surface area contributed by atoms with Crippen LogP contribution in [0.25, 0.3) is 0 Å². The topological polar surface area (TPSA) is 46.6 Å². The molecular formula is C13H23NO3. The molecule has 1 unspecified atom stereocenters. The maximum absolute atomic E-state index is 12.2. The molecule has 1 saturated carbocycles. The van der Waals surface area contributed by atoms with E-state index < -0.39 is 0 Å². The van der Waals surface area contributed by atoms with E-state index in [4.69, 9.17) is 4.74 Å². The van der Waals surface area contributed by atoms with Crippen molar-refractivity contribution < 1.29 is 14.3 Å². The lowest BCUT2D eigenvalue weighted by molar-refractivity contribution is -0.150. The van der Waals surface area contributed by atoms with Crippen LogP contribution in [0.3, 0.4) is 0 Å². The van der Waals surface area contributed by atoms with Gasteiger partial charge in [-0.15, -0.1) is 0 Å². The molecule has 4 heteroatoms. The normalized spacial score (nSPS) is 21.2. The molecule has 0 aliphatic heterocycles. The van der Waals surface area contributed by atoms with Gasteiger partial charge in [-0.2, -0.15) is 0 Å². The van der Waals surface area contributed by atoms with Crippen LogP contribution in [0.15, 0.2) is 0 Å². The number of hydrogen-bond acceptors (Lipinski definition) is 3. The van der Waals surface area contributed by atoms with Gasteiger partial charge in [0.1, 0.15) is 6.54 Å². The van der Waals surface area contributed by atoms with Gasteiger partial charge in [-0.3, -0.25) is 9.59 Å². The number of nitrogens with zero attached hydrogens (tertiary/aromatic N) is 1. The Morgan fingerprint density at radius 1 is 1.41 bits per heavy atom. The smallest absolute Gasteiger partial charge is 0.325 e. The number of carbonyl (C=O) groups excluding carboxylic acids is 2. The van der Waals surface area contributed by atoms with Gasteiger partial charge in [0.25, 0.3) is 0 Å². The second-order valence-electron chi connectivity index (χ2n) is 5.61. The molecule has 1 rings (SSSR count). The summed E-state index contributed by atoms with van der Waals surface area (Å²) < 4.78 is 4.89. The fraction of sp³-hybridized carbons (Fsp3) is 0.846. The van der Waals surface area contributed by atoms with Crippen LogP contribution in [0.5, 0.6) is 0 Å². The first-order valence-corrected chi connectivity index (χ1v) is 6.25. The van der Waals surface area contributed by atoms with Gasteiger partial charge in [-0.05, 0) is 32.6 Å². The SMILES string of the molecule is CCOC(=O)CN(C(=O)C1CC1(C)C)C(C)C. The maximum atomic E-state index is 12.2. The van der Waals surface area contributed by atoms with Crippen molar-refractivity contribution in [2.75, 3.05) is 13.2 Å². The summed E-state index contributed by atoms with van der Waals surface area (Å²) in [6.45, 7) is 10.2. The highest BCUT2D eigenvalue weighted by Crippen LogP contribution is 2.52. The van der Waals surface area contributed by atoms with Crippen molar-refractivity contribution in [2.24, 2.45) is 11.3 Å². The van der Waals surface area contributed by atoms with Gasteiger partial charge < -0.3 is 9.64 Å². The molecule has 98 valence electrons. The molecular weight excluding hydrogens is 218 g/mol. The fourth-order valence-electron chi connectivity index (χ4n) is 1.95. The highest BCUT2D eigenvalue weighted by molar-refractivity contribution is 5.86. The number of ether oxygens (including phenoxy) is 1. The molecule has 0 spiro atoms. The quantitative estimate of drug-likeness (QED) is 0.690. The van der Waals surface area contributed by atoms with Crippen LogP contribution in [0.1, 0.15) is 41.0 Å². The number of rotatable bonds is 5. The molecule has 0 radical (unpaired) electrons. The molecule has 1 amide bonds. The predicted molar refractivity (Wildman–Crippen MR) is 65.4 cm³/mol. The first kappa shape index (κ1) is 14.0. The van der Waals surface area contributed by atoms with Crippen molar-refractivity contribution in [2.45, 2.75) is 47.1 Å². The summed E-state index contributed by atoms with van der Waals surface area (Å²) in [7, 11) is 0. The van der Waals surface area contributed by atoms with E-state index in [9.17, 15) is 9.59 Å². The van der Waals surface area contributed by atoms with E-state index in [1.165, 1.54) is 0 Å². The minimum atomic E-state index is -0.326. The van der Waals surface area contributed by atoms with Gasteiger partial charge >= 0.3 is 5.97 Å². The monoisotopic (exact) mass is 241 g/mol. The second kappa shape index (κ2) is 5.07. The van der Waals surface area contributed by atoms with Crippen LogP contribution < -0.4 is 0 Å². The Bertz CT molecular complexity index is 310. The Hall–Kier alpha value is -1.06. The number of esters is 1. The van der Waals surface area contributed by atoms with Gasteiger partial charge in [0.05, 0.1) is 6.61 Å². The van der Waals surface area contributed by atoms with Crippen LogP contribution in [0.2, 0.25) is 0 Å². The predicted octanol–water partition coefficient (Wildman–Crippen LogP) is 1.83. The minimum absolute atomic E-state index is 0.0308. The third-order valence-electron chi connectivity index (χ3n) is 3.32. The van der Waals surface area contributed by atoms with Crippen molar-refractivity contribution in [3.63, 3.8) is 0 Å². The molecule has 1 fully saturated rings. The molecule has 4 nitrogen and oxygen atoms in total. The molecule has 1 atom stereocenters. The van der Waals surface area contributed by atoms with E-state index in [2.05, 4.69) is 13.8 Å². The zero-order chi connectivity index (χ0) is 13.2. The van der Waals surface area contributed by atoms with E-state index in [1.54, 1.807) is 11.8 Å². The van der Waals surface area contributed by atoms with Crippen LogP contribution >= 0.6 is 0 Å². The summed E-state index contributed by atoms with van der Waals surface area (Å²) in [5.41, 5.74) is 0.0961. The first-order chi connectivity index (χ1) is 7.79. The van der Waals surface area contributed by atoms with Crippen LogP contribution in [0.4, 0.5) is 0 Å². The summed E-state index contributed by atoms with van der Waals surface area (Å²) >= 11 is 0. The molecule has 0 saturated heterocycles. The third kappa shape index (κ3) is 3.45. The molecule has 0 heterocycles. The van der Waals surface area contributed by atoms with Gasteiger partial charge in [0.2, 0.25) is 5.91 Å². The molecule has 1 aliphatic carbocycles. The maximum Gasteiger partial charge on any atom is 0.325 e. The Kier molecular flexibility index (Phi) is 4.17. The summed E-state index contributed by atoms with van der Waals surface area (Å²) in [4.78, 5) is 25.3. The summed E-state index contributed by atoms with van der Waals surface area (Å²) in [5, 5.41) is 0. The highest BCUT2D eigenvalue weighted by Gasteiger charge is 2.52. The van der Waals surface area contributed by atoms with Crippen molar-refractivity contribution in [1.29, 1.82) is 0 Å². The second-order valence-corrected chi connectivity index (χ2v) is 5.61. The van der Waals surface area contributed by atoms with Gasteiger partial charge in [-0.25, -0.2) is 0 Å². The van der Waals surface area contributed by atoms with Crippen LogP contribution in [-0.4, -0.2) is 36.0 Å². The number of hydrogen-bond donors (Lipinski definition) is 0. The lowest BCUT2D eigenvalue weighted by Gasteiger charge is -2.26. The molecule has 0 N–H and O–H groups in total. The lowest BCUT2D eigenvalue weighted by Crippen LogP contribution is -2.42. The van der Waals surface area contributed by atoms with E-state index in [1.807, 2.05) is 13.8 Å². The molecule has 1 aliphatic rings.